The topological polar surface area (TPSA) is 105 Å². The summed E-state index contributed by atoms with van der Waals surface area (Å²) in [6, 6.07) is 7.17. The maximum absolute atomic E-state index is 12.0. The monoisotopic (exact) mass is 459 g/mol. The summed E-state index contributed by atoms with van der Waals surface area (Å²) in [5.41, 5.74) is 1.56. The normalized spacial score (nSPS) is 13.1. The van der Waals surface area contributed by atoms with Crippen LogP contribution in [0.3, 0.4) is 0 Å². The van der Waals surface area contributed by atoms with E-state index in [-0.39, 0.29) is 43.3 Å². The number of hydrogen-bond acceptors (Lipinski definition) is 5. The van der Waals surface area contributed by atoms with Gasteiger partial charge >= 0.3 is 0 Å². The maximum Gasteiger partial charge on any atom is 0.250 e. The summed E-state index contributed by atoms with van der Waals surface area (Å²) < 4.78 is 5.20. The van der Waals surface area contributed by atoms with Gasteiger partial charge < -0.3 is 15.4 Å². The van der Waals surface area contributed by atoms with Crippen molar-refractivity contribution in [1.29, 1.82) is 0 Å². The second-order valence-electron chi connectivity index (χ2n) is 8.46. The Hall–Kier alpha value is -2.74. The Balaban J connectivity index is 1.55. The molecular formula is C25H37N3O5. The standard InChI is InChI=1S/C25H37N3O5/c1-3-19(4-2)7-5-6-15-26-22(29)17-33-18-23(30)27-21-11-8-20(9-12-21)10-13-24(31)28-16-14-25(28)32/h8-9,11-12,19H,3-7,10,13-18H2,1-2H3,(H,26,29)(H,27,30). The van der Waals surface area contributed by atoms with Crippen LogP contribution in [0.5, 0.6) is 0 Å². The molecule has 0 spiro atoms. The lowest BCUT2D eigenvalue weighted by Crippen LogP contribution is -2.47. The second kappa shape index (κ2) is 14.4. The minimum absolute atomic E-state index is 0.106. The molecule has 1 heterocycles. The highest BCUT2D eigenvalue weighted by atomic mass is 16.5. The number of aryl methyl sites for hydroxylation is 1. The fraction of sp³-hybridized carbons (Fsp3) is 0.600. The number of rotatable bonds is 15. The number of β-lactam (4-membered cyclic amide) rings is 1. The molecule has 0 bridgehead atoms. The highest BCUT2D eigenvalue weighted by Crippen LogP contribution is 2.16. The number of amides is 4. The molecule has 0 saturated carbocycles. The molecule has 1 aromatic rings. The Bertz CT molecular complexity index is 790. The third kappa shape index (κ3) is 9.74. The van der Waals surface area contributed by atoms with E-state index in [1.807, 2.05) is 12.1 Å². The zero-order valence-electron chi connectivity index (χ0n) is 19.9. The first-order chi connectivity index (χ1) is 15.9. The molecule has 4 amide bonds. The Labute approximate surface area is 196 Å². The molecule has 0 aliphatic carbocycles. The third-order valence-corrected chi connectivity index (χ3v) is 6.00. The number of likely N-dealkylation sites (tertiary alicyclic amines) is 1. The van der Waals surface area contributed by atoms with Crippen molar-refractivity contribution in [3.05, 3.63) is 29.8 Å². The average molecular weight is 460 g/mol. The molecule has 1 fully saturated rings. The lowest BCUT2D eigenvalue weighted by molar-refractivity contribution is -0.152. The third-order valence-electron chi connectivity index (χ3n) is 6.00. The van der Waals surface area contributed by atoms with Crippen LogP contribution in [0.15, 0.2) is 24.3 Å². The summed E-state index contributed by atoms with van der Waals surface area (Å²) in [6.45, 7) is 5.21. The van der Waals surface area contributed by atoms with Crippen LogP contribution in [0.2, 0.25) is 0 Å². The summed E-state index contributed by atoms with van der Waals surface area (Å²) >= 11 is 0. The number of ether oxygens (including phenoxy) is 1. The van der Waals surface area contributed by atoms with Crippen LogP contribution in [0.4, 0.5) is 5.69 Å². The van der Waals surface area contributed by atoms with E-state index >= 15 is 0 Å². The molecular weight excluding hydrogens is 422 g/mol. The van der Waals surface area contributed by atoms with Gasteiger partial charge in [-0.15, -0.1) is 0 Å². The predicted octanol–water partition coefficient (Wildman–Crippen LogP) is 3.06. The molecule has 0 aromatic heterocycles. The molecule has 8 nitrogen and oxygen atoms in total. The fourth-order valence-electron chi connectivity index (χ4n) is 3.69. The molecule has 1 saturated heterocycles. The first-order valence-electron chi connectivity index (χ1n) is 12.0. The van der Waals surface area contributed by atoms with Crippen molar-refractivity contribution in [3.63, 3.8) is 0 Å². The number of nitrogens with zero attached hydrogens (tertiary/aromatic N) is 1. The van der Waals surface area contributed by atoms with Crippen molar-refractivity contribution in [2.45, 2.75) is 65.2 Å². The van der Waals surface area contributed by atoms with Gasteiger partial charge in [0.2, 0.25) is 23.6 Å². The van der Waals surface area contributed by atoms with E-state index in [9.17, 15) is 19.2 Å². The first kappa shape index (κ1) is 26.5. The minimum atomic E-state index is -0.341. The number of unbranched alkanes of at least 4 members (excludes halogenated alkanes) is 1. The van der Waals surface area contributed by atoms with Gasteiger partial charge in [-0.1, -0.05) is 51.7 Å². The number of hydrogen-bond donors (Lipinski definition) is 2. The van der Waals surface area contributed by atoms with E-state index in [0.29, 0.717) is 31.6 Å². The van der Waals surface area contributed by atoms with Gasteiger partial charge in [-0.3, -0.25) is 24.1 Å². The van der Waals surface area contributed by atoms with E-state index in [1.165, 1.54) is 24.2 Å². The zero-order chi connectivity index (χ0) is 24.1. The van der Waals surface area contributed by atoms with Crippen molar-refractivity contribution in [2.75, 3.05) is 31.6 Å². The van der Waals surface area contributed by atoms with Gasteiger partial charge in [0.1, 0.15) is 13.2 Å². The summed E-state index contributed by atoms with van der Waals surface area (Å²) in [5.74, 6) is -0.0434. The van der Waals surface area contributed by atoms with Crippen LogP contribution >= 0.6 is 0 Å². The van der Waals surface area contributed by atoms with E-state index in [4.69, 9.17) is 4.74 Å². The fourth-order valence-corrected chi connectivity index (χ4v) is 3.69. The molecule has 182 valence electrons. The van der Waals surface area contributed by atoms with E-state index < -0.39 is 0 Å². The van der Waals surface area contributed by atoms with Gasteiger partial charge in [-0.05, 0) is 36.5 Å². The highest BCUT2D eigenvalue weighted by Gasteiger charge is 2.29. The second-order valence-corrected chi connectivity index (χ2v) is 8.46. The number of imide groups is 1. The van der Waals surface area contributed by atoms with Crippen molar-refractivity contribution < 1.29 is 23.9 Å². The van der Waals surface area contributed by atoms with Crippen LogP contribution < -0.4 is 10.6 Å². The highest BCUT2D eigenvalue weighted by molar-refractivity contribution is 5.99. The smallest absolute Gasteiger partial charge is 0.250 e. The number of anilines is 1. The summed E-state index contributed by atoms with van der Waals surface area (Å²) in [4.78, 5) is 48.3. The van der Waals surface area contributed by atoms with Gasteiger partial charge in [0.15, 0.2) is 0 Å². The van der Waals surface area contributed by atoms with Crippen molar-refractivity contribution in [3.8, 4) is 0 Å². The molecule has 2 N–H and O–H groups in total. The van der Waals surface area contributed by atoms with Gasteiger partial charge in [0, 0.05) is 31.6 Å². The molecule has 0 atom stereocenters. The Morgan fingerprint density at radius 2 is 1.73 bits per heavy atom. The molecule has 33 heavy (non-hydrogen) atoms. The Kier molecular flexibility index (Phi) is 11.6. The summed E-state index contributed by atoms with van der Waals surface area (Å²) in [5, 5.41) is 5.53. The number of benzene rings is 1. The summed E-state index contributed by atoms with van der Waals surface area (Å²) in [6.07, 6.45) is 6.91. The zero-order valence-corrected chi connectivity index (χ0v) is 19.9. The van der Waals surface area contributed by atoms with Crippen molar-refractivity contribution >= 4 is 29.3 Å². The Morgan fingerprint density at radius 3 is 2.33 bits per heavy atom. The molecule has 1 aliphatic heterocycles. The average Bonchev–Trinajstić information content (AvgIpc) is 2.80. The van der Waals surface area contributed by atoms with E-state index in [2.05, 4.69) is 24.5 Å². The molecule has 2 rings (SSSR count). The van der Waals surface area contributed by atoms with Crippen molar-refractivity contribution in [2.24, 2.45) is 5.92 Å². The van der Waals surface area contributed by atoms with Gasteiger partial charge in [-0.2, -0.15) is 0 Å². The number of carbonyl (C=O) groups is 4. The molecule has 0 unspecified atom stereocenters. The van der Waals surface area contributed by atoms with Gasteiger partial charge in [0.25, 0.3) is 0 Å². The molecule has 1 aromatic carbocycles. The summed E-state index contributed by atoms with van der Waals surface area (Å²) in [7, 11) is 0. The van der Waals surface area contributed by atoms with Gasteiger partial charge in [-0.25, -0.2) is 0 Å². The molecule has 0 radical (unpaired) electrons. The number of carbonyl (C=O) groups excluding carboxylic acids is 4. The van der Waals surface area contributed by atoms with Crippen molar-refractivity contribution in [1.82, 2.24) is 10.2 Å². The van der Waals surface area contributed by atoms with Crippen LogP contribution in [-0.2, 0) is 30.3 Å². The van der Waals surface area contributed by atoms with E-state index in [1.54, 1.807) is 12.1 Å². The van der Waals surface area contributed by atoms with E-state index in [0.717, 1.165) is 24.3 Å². The SMILES string of the molecule is CCC(CC)CCCCNC(=O)COCC(=O)Nc1ccc(CCC(=O)N2CCC2=O)cc1. The largest absolute Gasteiger partial charge is 0.362 e. The number of nitrogens with one attached hydrogen (secondary N) is 2. The van der Waals surface area contributed by atoms with Crippen LogP contribution in [0.25, 0.3) is 0 Å². The lowest BCUT2D eigenvalue weighted by atomic mass is 9.97. The molecule has 1 aliphatic rings. The minimum Gasteiger partial charge on any atom is -0.362 e. The van der Waals surface area contributed by atoms with Crippen LogP contribution in [0, 0.1) is 5.92 Å². The van der Waals surface area contributed by atoms with Crippen LogP contribution in [0.1, 0.15) is 64.4 Å². The quantitative estimate of drug-likeness (QED) is 0.310. The first-order valence-corrected chi connectivity index (χ1v) is 12.0. The van der Waals surface area contributed by atoms with Gasteiger partial charge in [0.05, 0.1) is 0 Å². The molecule has 8 heteroatoms. The Morgan fingerprint density at radius 1 is 1.03 bits per heavy atom. The van der Waals surface area contributed by atoms with Crippen LogP contribution in [-0.4, -0.2) is 54.8 Å². The predicted molar refractivity (Wildman–Crippen MR) is 126 cm³/mol. The lowest BCUT2D eigenvalue weighted by Gasteiger charge is -2.28. The maximum atomic E-state index is 12.0.